The van der Waals surface area contributed by atoms with Crippen LogP contribution in [0.15, 0.2) is 24.3 Å². The summed E-state index contributed by atoms with van der Waals surface area (Å²) in [6, 6.07) is 8.24. The highest BCUT2D eigenvalue weighted by Gasteiger charge is 2.13. The van der Waals surface area contributed by atoms with Crippen LogP contribution in [0.5, 0.6) is 0 Å². The van der Waals surface area contributed by atoms with Crippen molar-refractivity contribution in [3.63, 3.8) is 0 Å². The van der Waals surface area contributed by atoms with E-state index in [0.29, 0.717) is 0 Å². The predicted octanol–water partition coefficient (Wildman–Crippen LogP) is 1.86. The summed E-state index contributed by atoms with van der Waals surface area (Å²) in [5, 5.41) is 3.24. The standard InChI is InChI=1S/C13H12N3/c1-9-2-4-10(5-3-9)13-15-7-11-6-14-8-12(11)16-13/h2-5,14H,6,8H2,1H3. The van der Waals surface area contributed by atoms with Gasteiger partial charge in [-0.05, 0) is 6.92 Å². The van der Waals surface area contributed by atoms with E-state index in [0.717, 1.165) is 35.7 Å². The van der Waals surface area contributed by atoms with Crippen LogP contribution in [0.25, 0.3) is 11.4 Å². The number of benzene rings is 1. The van der Waals surface area contributed by atoms with E-state index in [9.17, 15) is 0 Å². The van der Waals surface area contributed by atoms with Crippen molar-refractivity contribution >= 4 is 0 Å². The van der Waals surface area contributed by atoms with E-state index in [4.69, 9.17) is 0 Å². The molecule has 0 spiro atoms. The summed E-state index contributed by atoms with van der Waals surface area (Å²) in [6.07, 6.45) is 3.06. The molecule has 3 rings (SSSR count). The average Bonchev–Trinajstić information content (AvgIpc) is 2.77. The van der Waals surface area contributed by atoms with E-state index < -0.39 is 0 Å². The molecule has 1 aromatic carbocycles. The highest BCUT2D eigenvalue weighted by molar-refractivity contribution is 5.55. The Morgan fingerprint density at radius 2 is 2.00 bits per heavy atom. The first-order valence-electron chi connectivity index (χ1n) is 5.38. The van der Waals surface area contributed by atoms with Gasteiger partial charge in [0.15, 0.2) is 5.82 Å². The Hall–Kier alpha value is -1.74. The minimum absolute atomic E-state index is 0.766. The van der Waals surface area contributed by atoms with E-state index in [2.05, 4.69) is 40.5 Å². The van der Waals surface area contributed by atoms with Gasteiger partial charge in [-0.25, -0.2) is 9.97 Å². The van der Waals surface area contributed by atoms with E-state index in [-0.39, 0.29) is 0 Å². The van der Waals surface area contributed by atoms with Crippen molar-refractivity contribution < 1.29 is 0 Å². The summed E-state index contributed by atoms with van der Waals surface area (Å²) in [7, 11) is 0. The second kappa shape index (κ2) is 3.68. The molecule has 0 unspecified atom stereocenters. The fourth-order valence-corrected chi connectivity index (χ4v) is 1.83. The van der Waals surface area contributed by atoms with Gasteiger partial charge in [-0.15, -0.1) is 0 Å². The lowest BCUT2D eigenvalue weighted by Gasteiger charge is -2.02. The number of fused-ring (bicyclic) bond motifs is 1. The van der Waals surface area contributed by atoms with Crippen LogP contribution in [-0.4, -0.2) is 9.97 Å². The van der Waals surface area contributed by atoms with Crippen molar-refractivity contribution in [3.8, 4) is 11.4 Å². The third kappa shape index (κ3) is 1.59. The summed E-state index contributed by atoms with van der Waals surface area (Å²) in [5.74, 6) is 0.766. The highest BCUT2D eigenvalue weighted by atomic mass is 15.0. The summed E-state index contributed by atoms with van der Waals surface area (Å²) in [5.41, 5.74) is 4.47. The second-order valence-electron chi connectivity index (χ2n) is 4.05. The van der Waals surface area contributed by atoms with Crippen LogP contribution >= 0.6 is 0 Å². The lowest BCUT2D eigenvalue weighted by atomic mass is 10.1. The Kier molecular flexibility index (Phi) is 2.18. The predicted molar refractivity (Wildman–Crippen MR) is 61.6 cm³/mol. The molecule has 3 heteroatoms. The number of nitrogens with one attached hydrogen (secondary N) is 1. The van der Waals surface area contributed by atoms with Gasteiger partial charge >= 0.3 is 0 Å². The molecule has 3 nitrogen and oxygen atoms in total. The molecular weight excluding hydrogens is 198 g/mol. The molecule has 0 bridgehead atoms. The van der Waals surface area contributed by atoms with Crippen molar-refractivity contribution in [2.24, 2.45) is 0 Å². The van der Waals surface area contributed by atoms with Crippen LogP contribution in [0.3, 0.4) is 0 Å². The van der Waals surface area contributed by atoms with E-state index in [1.807, 2.05) is 12.1 Å². The zero-order valence-corrected chi connectivity index (χ0v) is 9.12. The monoisotopic (exact) mass is 210 g/mol. The highest BCUT2D eigenvalue weighted by Crippen LogP contribution is 2.18. The number of nitrogens with zero attached hydrogens (tertiary/aromatic N) is 2. The van der Waals surface area contributed by atoms with Crippen molar-refractivity contribution in [3.05, 3.63) is 47.3 Å². The first kappa shape index (κ1) is 9.48. The minimum Gasteiger partial charge on any atom is -0.307 e. The van der Waals surface area contributed by atoms with Gasteiger partial charge in [0.05, 0.1) is 11.9 Å². The molecule has 0 amide bonds. The fraction of sp³-hybridized carbons (Fsp3) is 0.231. The summed E-state index contributed by atoms with van der Waals surface area (Å²) in [6.45, 7) is 3.74. The van der Waals surface area contributed by atoms with Gasteiger partial charge in [0.2, 0.25) is 0 Å². The molecule has 2 aromatic rings. The average molecular weight is 210 g/mol. The lowest BCUT2D eigenvalue weighted by Crippen LogP contribution is -2.00. The van der Waals surface area contributed by atoms with Crippen LogP contribution in [0.1, 0.15) is 16.8 Å². The third-order valence-corrected chi connectivity index (χ3v) is 2.79. The number of hydrogen-bond donors (Lipinski definition) is 1. The molecule has 0 saturated carbocycles. The topological polar surface area (TPSA) is 37.8 Å². The maximum Gasteiger partial charge on any atom is 0.160 e. The minimum atomic E-state index is 0.766. The largest absolute Gasteiger partial charge is 0.307 e. The maximum absolute atomic E-state index is 4.55. The molecule has 1 aromatic heterocycles. The molecule has 0 aliphatic carbocycles. The van der Waals surface area contributed by atoms with Gasteiger partial charge in [-0.2, -0.15) is 0 Å². The number of rotatable bonds is 1. The van der Waals surface area contributed by atoms with Gasteiger partial charge in [-0.3, -0.25) is 0 Å². The quantitative estimate of drug-likeness (QED) is 0.780. The van der Waals surface area contributed by atoms with Crippen LogP contribution in [0.4, 0.5) is 0 Å². The van der Waals surface area contributed by atoms with Crippen molar-refractivity contribution in [1.82, 2.24) is 15.3 Å². The summed E-state index contributed by atoms with van der Waals surface area (Å²) >= 11 is 0. The molecule has 1 radical (unpaired) electrons. The Bertz CT molecular complexity index is 517. The summed E-state index contributed by atoms with van der Waals surface area (Å²) in [4.78, 5) is 8.82. The Labute approximate surface area is 94.6 Å². The molecule has 1 aliphatic heterocycles. The smallest absolute Gasteiger partial charge is 0.160 e. The zero-order chi connectivity index (χ0) is 11.0. The molecule has 2 heterocycles. The van der Waals surface area contributed by atoms with Crippen molar-refractivity contribution in [2.45, 2.75) is 20.0 Å². The number of aryl methyl sites for hydroxylation is 1. The van der Waals surface area contributed by atoms with Gasteiger partial charge in [-0.1, -0.05) is 29.8 Å². The normalized spacial score (nSPS) is 13.8. The van der Waals surface area contributed by atoms with Crippen LogP contribution in [0, 0.1) is 13.1 Å². The molecule has 1 aliphatic rings. The first-order valence-corrected chi connectivity index (χ1v) is 5.38. The van der Waals surface area contributed by atoms with E-state index in [1.54, 1.807) is 0 Å². The van der Waals surface area contributed by atoms with Crippen LogP contribution in [0.2, 0.25) is 0 Å². The van der Waals surface area contributed by atoms with Crippen molar-refractivity contribution in [1.29, 1.82) is 0 Å². The Morgan fingerprint density at radius 3 is 2.81 bits per heavy atom. The summed E-state index contributed by atoms with van der Waals surface area (Å²) < 4.78 is 0. The van der Waals surface area contributed by atoms with E-state index in [1.165, 1.54) is 5.56 Å². The Balaban J connectivity index is 2.03. The van der Waals surface area contributed by atoms with Gasteiger partial charge in [0, 0.05) is 24.2 Å². The lowest BCUT2D eigenvalue weighted by molar-refractivity contribution is 0.757. The molecule has 0 atom stereocenters. The van der Waals surface area contributed by atoms with Gasteiger partial charge in [0.25, 0.3) is 0 Å². The Morgan fingerprint density at radius 1 is 1.19 bits per heavy atom. The first-order chi connectivity index (χ1) is 7.83. The maximum atomic E-state index is 4.55. The van der Waals surface area contributed by atoms with Gasteiger partial charge < -0.3 is 5.32 Å². The third-order valence-electron chi connectivity index (χ3n) is 2.79. The fourth-order valence-electron chi connectivity index (χ4n) is 1.83. The van der Waals surface area contributed by atoms with Crippen LogP contribution < -0.4 is 5.32 Å². The molecular formula is C13H12N3. The molecule has 0 saturated heterocycles. The molecule has 79 valence electrons. The molecule has 16 heavy (non-hydrogen) atoms. The zero-order valence-electron chi connectivity index (χ0n) is 9.12. The van der Waals surface area contributed by atoms with Crippen molar-refractivity contribution in [2.75, 3.05) is 0 Å². The van der Waals surface area contributed by atoms with Gasteiger partial charge in [0.1, 0.15) is 0 Å². The molecule has 1 N–H and O–H groups in total. The van der Waals surface area contributed by atoms with Crippen LogP contribution in [-0.2, 0) is 13.1 Å². The SMILES string of the molecule is Cc1ccc(-c2n[c]c3c(n2)CNC3)cc1. The van der Waals surface area contributed by atoms with E-state index >= 15 is 0 Å². The number of hydrogen-bond acceptors (Lipinski definition) is 3. The second-order valence-corrected chi connectivity index (χ2v) is 4.05. The molecule has 0 fully saturated rings. The number of aromatic nitrogens is 2.